The molecule has 1 aliphatic rings. The zero-order valence-corrected chi connectivity index (χ0v) is 11.9. The Bertz CT molecular complexity index is 533. The van der Waals surface area contributed by atoms with Crippen LogP contribution in [0.15, 0.2) is 11.5 Å². The highest BCUT2D eigenvalue weighted by Gasteiger charge is 2.76. The van der Waals surface area contributed by atoms with Crippen molar-refractivity contribution in [3.8, 4) is 0 Å². The number of rotatable bonds is 3. The van der Waals surface area contributed by atoms with Gasteiger partial charge in [0.15, 0.2) is 0 Å². The molecule has 112 valence electrons. The van der Waals surface area contributed by atoms with Crippen LogP contribution >= 0.6 is 46.4 Å². The van der Waals surface area contributed by atoms with Gasteiger partial charge < -0.3 is 5.11 Å². The van der Waals surface area contributed by atoms with Gasteiger partial charge in [-0.1, -0.05) is 46.4 Å². The zero-order chi connectivity index (χ0) is 16.0. The molecule has 20 heavy (non-hydrogen) atoms. The normalized spacial score (nSPS) is 28.0. The van der Waals surface area contributed by atoms with Crippen molar-refractivity contribution in [3.63, 3.8) is 0 Å². The second-order valence-electron chi connectivity index (χ2n) is 3.66. The monoisotopic (exact) mass is 369 g/mol. The van der Waals surface area contributed by atoms with Crippen molar-refractivity contribution in [2.24, 2.45) is 0 Å². The lowest BCUT2D eigenvalue weighted by atomic mass is 9.91. The molecule has 0 saturated carbocycles. The van der Waals surface area contributed by atoms with Crippen LogP contribution in [-0.2, 0) is 0 Å². The van der Waals surface area contributed by atoms with Gasteiger partial charge in [-0.25, -0.2) is 0 Å². The van der Waals surface area contributed by atoms with E-state index in [2.05, 4.69) is 0 Å². The third kappa shape index (κ3) is 2.32. The molecule has 0 saturated heterocycles. The Morgan fingerprint density at radius 2 is 1.45 bits per heavy atom. The molecule has 1 aliphatic carbocycles. The Kier molecular flexibility index (Phi) is 4.26. The molecular formula is C6H3Cl4N3O7. The van der Waals surface area contributed by atoms with E-state index in [-0.39, 0.29) is 0 Å². The molecule has 0 bridgehead atoms. The van der Waals surface area contributed by atoms with E-state index in [9.17, 15) is 35.4 Å². The van der Waals surface area contributed by atoms with Crippen LogP contribution in [0.25, 0.3) is 0 Å². The molecule has 14 heteroatoms. The summed E-state index contributed by atoms with van der Waals surface area (Å²) >= 11 is 22.1. The van der Waals surface area contributed by atoms with E-state index in [1.54, 1.807) is 0 Å². The summed E-state index contributed by atoms with van der Waals surface area (Å²) in [5, 5.41) is 42.2. The van der Waals surface area contributed by atoms with Crippen molar-refractivity contribution >= 4 is 46.4 Å². The van der Waals surface area contributed by atoms with Gasteiger partial charge in [0.25, 0.3) is 14.7 Å². The van der Waals surface area contributed by atoms with Crippen molar-refractivity contribution in [3.05, 3.63) is 41.8 Å². The fourth-order valence-corrected chi connectivity index (χ4v) is 3.64. The number of halogens is 4. The summed E-state index contributed by atoms with van der Waals surface area (Å²) in [6.07, 6.45) is 0. The first-order valence-corrected chi connectivity index (χ1v) is 5.98. The molecule has 0 amide bonds. The SMILES string of the molecule is O=[N+]([O-])C1=C(O)C([N+](=O)[O-])C(Cl)(Cl)C([N+](=O)[O-])C1(Cl)Cl. The fraction of sp³-hybridized carbons (Fsp3) is 0.667. The highest BCUT2D eigenvalue weighted by molar-refractivity contribution is 6.55. The van der Waals surface area contributed by atoms with E-state index in [0.29, 0.717) is 0 Å². The number of hydrogen-bond donors (Lipinski definition) is 1. The lowest BCUT2D eigenvalue weighted by molar-refractivity contribution is -0.572. The number of nitro groups is 3. The van der Waals surface area contributed by atoms with Crippen LogP contribution in [0.1, 0.15) is 0 Å². The highest BCUT2D eigenvalue weighted by atomic mass is 35.5. The molecule has 2 atom stereocenters. The van der Waals surface area contributed by atoms with Crippen molar-refractivity contribution in [2.45, 2.75) is 20.8 Å². The molecular weight excluding hydrogens is 368 g/mol. The molecule has 0 aromatic heterocycles. The molecule has 0 aromatic carbocycles. The summed E-state index contributed by atoms with van der Waals surface area (Å²) in [5.41, 5.74) is -1.51. The number of nitrogens with zero attached hydrogens (tertiary/aromatic N) is 3. The summed E-state index contributed by atoms with van der Waals surface area (Å²) in [4.78, 5) is 28.6. The topological polar surface area (TPSA) is 150 Å². The van der Waals surface area contributed by atoms with Crippen LogP contribution < -0.4 is 0 Å². The van der Waals surface area contributed by atoms with E-state index in [4.69, 9.17) is 46.4 Å². The Hall–Kier alpha value is -1.10. The number of alkyl halides is 4. The first-order valence-electron chi connectivity index (χ1n) is 4.47. The van der Waals surface area contributed by atoms with Gasteiger partial charge in [0.2, 0.25) is 5.76 Å². The molecule has 1 N–H and O–H groups in total. The number of aliphatic hydroxyl groups excluding tert-OH is 1. The second-order valence-corrected chi connectivity index (χ2v) is 6.49. The van der Waals surface area contributed by atoms with Crippen molar-refractivity contribution in [1.82, 2.24) is 0 Å². The lowest BCUT2D eigenvalue weighted by Gasteiger charge is -2.34. The van der Waals surface area contributed by atoms with Crippen LogP contribution in [0.2, 0.25) is 0 Å². The standard InChI is InChI=1S/C6H3Cl4N3O7/c7-5(8)2(11(15)16)1(14)3(12(17)18)6(9,10)4(5)13(19)20/h2,4,14H. The molecule has 0 aliphatic heterocycles. The van der Waals surface area contributed by atoms with Gasteiger partial charge in [-0.15, -0.1) is 0 Å². The summed E-state index contributed by atoms with van der Waals surface area (Å²) in [6, 6.07) is -5.05. The minimum Gasteiger partial charge on any atom is -0.501 e. The Balaban J connectivity index is 3.76. The van der Waals surface area contributed by atoms with Gasteiger partial charge in [-0.3, -0.25) is 30.3 Å². The van der Waals surface area contributed by atoms with E-state index in [0.717, 1.165) is 0 Å². The zero-order valence-electron chi connectivity index (χ0n) is 8.90. The van der Waals surface area contributed by atoms with Gasteiger partial charge >= 0.3 is 11.7 Å². The van der Waals surface area contributed by atoms with Gasteiger partial charge in [-0.05, 0) is 0 Å². The van der Waals surface area contributed by atoms with Gasteiger partial charge in [0.05, 0.1) is 4.92 Å². The quantitative estimate of drug-likeness (QED) is 0.450. The maximum absolute atomic E-state index is 10.9. The number of aliphatic hydroxyl groups is 1. The average Bonchev–Trinajstić information content (AvgIpc) is 2.09. The third-order valence-corrected chi connectivity index (χ3v) is 4.09. The van der Waals surface area contributed by atoms with Crippen LogP contribution in [0, 0.1) is 30.3 Å². The summed E-state index contributed by atoms with van der Waals surface area (Å²) in [7, 11) is 0. The van der Waals surface area contributed by atoms with Crippen LogP contribution in [0.4, 0.5) is 0 Å². The largest absolute Gasteiger partial charge is 0.501 e. The minimum absolute atomic E-state index is 1.29. The predicted octanol–water partition coefficient (Wildman–Crippen LogP) is 1.68. The Morgan fingerprint density at radius 1 is 1.00 bits per heavy atom. The molecule has 1 rings (SSSR count). The molecule has 2 unspecified atom stereocenters. The molecule has 0 aromatic rings. The molecule has 0 fully saturated rings. The third-order valence-electron chi connectivity index (χ3n) is 2.49. The van der Waals surface area contributed by atoms with Crippen molar-refractivity contribution in [2.75, 3.05) is 0 Å². The smallest absolute Gasteiger partial charge is 0.333 e. The summed E-state index contributed by atoms with van der Waals surface area (Å²) in [6.45, 7) is 0. The van der Waals surface area contributed by atoms with Crippen LogP contribution in [0.5, 0.6) is 0 Å². The molecule has 0 spiro atoms. The average molecular weight is 371 g/mol. The van der Waals surface area contributed by atoms with E-state index in [1.807, 2.05) is 0 Å². The van der Waals surface area contributed by atoms with Crippen LogP contribution in [0.3, 0.4) is 0 Å². The Morgan fingerprint density at radius 3 is 1.75 bits per heavy atom. The summed E-state index contributed by atoms with van der Waals surface area (Å²) < 4.78 is -5.87. The van der Waals surface area contributed by atoms with Crippen molar-refractivity contribution in [1.29, 1.82) is 0 Å². The first kappa shape index (κ1) is 17.0. The van der Waals surface area contributed by atoms with E-state index in [1.165, 1.54) is 0 Å². The van der Waals surface area contributed by atoms with Gasteiger partial charge in [-0.2, -0.15) is 0 Å². The summed E-state index contributed by atoms with van der Waals surface area (Å²) in [5.74, 6) is -1.55. The van der Waals surface area contributed by atoms with E-state index >= 15 is 0 Å². The first-order chi connectivity index (χ1) is 8.86. The maximum atomic E-state index is 10.9. The van der Waals surface area contributed by atoms with Crippen molar-refractivity contribution < 1.29 is 19.9 Å². The fourth-order valence-electron chi connectivity index (χ4n) is 1.73. The van der Waals surface area contributed by atoms with Gasteiger partial charge in [0.1, 0.15) is 0 Å². The predicted molar refractivity (Wildman–Crippen MR) is 67.1 cm³/mol. The second kappa shape index (κ2) is 5.02. The Labute approximate surface area is 129 Å². The molecule has 10 nitrogen and oxygen atoms in total. The minimum atomic E-state index is -2.97. The van der Waals surface area contributed by atoms with Gasteiger partial charge in [0, 0.05) is 9.85 Å². The highest BCUT2D eigenvalue weighted by Crippen LogP contribution is 2.52. The number of hydrogen-bond acceptors (Lipinski definition) is 7. The lowest BCUT2D eigenvalue weighted by Crippen LogP contribution is -2.63. The van der Waals surface area contributed by atoms with E-state index < -0.39 is 47.0 Å². The molecule has 0 radical (unpaired) electrons. The maximum Gasteiger partial charge on any atom is 0.333 e. The molecule has 0 heterocycles. The van der Waals surface area contributed by atoms with Crippen LogP contribution in [-0.4, -0.2) is 40.6 Å².